The van der Waals surface area contributed by atoms with E-state index in [0.717, 1.165) is 99.1 Å². The van der Waals surface area contributed by atoms with Crippen LogP contribution in [0, 0.1) is 0 Å². The minimum Gasteiger partial charge on any atom is -0.382 e. The van der Waals surface area contributed by atoms with E-state index in [1.54, 1.807) is 14.2 Å². The van der Waals surface area contributed by atoms with Crippen LogP contribution in [-0.2, 0) is 57.3 Å². The van der Waals surface area contributed by atoms with Crippen LogP contribution in [0.2, 0.25) is 0 Å². The van der Waals surface area contributed by atoms with E-state index in [1.165, 1.54) is 37.2 Å². The number of hydrogen-bond acceptors (Lipinski definition) is 22. The summed E-state index contributed by atoms with van der Waals surface area (Å²) in [6.45, 7) is 9.05. The van der Waals surface area contributed by atoms with E-state index >= 15 is 0 Å². The van der Waals surface area contributed by atoms with Crippen LogP contribution >= 0.6 is 93.7 Å². The Labute approximate surface area is 590 Å². The van der Waals surface area contributed by atoms with Crippen molar-refractivity contribution in [2.24, 2.45) is 0 Å². The largest absolute Gasteiger partial charge is 0.382 e. The van der Waals surface area contributed by atoms with E-state index < -0.39 is 0 Å². The van der Waals surface area contributed by atoms with Gasteiger partial charge in [-0.05, 0) is 88.6 Å². The third kappa shape index (κ3) is 57.4. The van der Waals surface area contributed by atoms with E-state index in [0.29, 0.717) is 167 Å². The molecule has 4 atom stereocenters. The number of nitrogens with one attached hydrogen (secondary N) is 8. The first-order valence-electron chi connectivity index (χ1n) is 33.5. The highest BCUT2D eigenvalue weighted by Gasteiger charge is 2.19. The number of amides is 8. The maximum absolute atomic E-state index is 12.4. The van der Waals surface area contributed by atoms with Crippen LogP contribution in [0.5, 0.6) is 0 Å². The van der Waals surface area contributed by atoms with Gasteiger partial charge < -0.3 is 71.3 Å². The van der Waals surface area contributed by atoms with Crippen molar-refractivity contribution in [1.29, 1.82) is 0 Å². The molecule has 2 aliphatic rings. The number of nitrogens with zero attached hydrogens (tertiary/aromatic N) is 2. The minimum atomic E-state index is -0.119. The molecule has 2 heterocycles. The zero-order valence-corrected chi connectivity index (χ0v) is 62.3. The molecular formula is C62H118N10O12S8. The lowest BCUT2D eigenvalue weighted by atomic mass is 10.1. The molecule has 8 amide bonds. The second-order valence-corrected chi connectivity index (χ2v) is 30.6. The van der Waals surface area contributed by atoms with Gasteiger partial charge in [0, 0.05) is 190 Å². The Bertz CT molecular complexity index is 1800. The topological polar surface area (TPSA) is 276 Å². The van der Waals surface area contributed by atoms with Crippen molar-refractivity contribution in [2.45, 2.75) is 175 Å². The summed E-state index contributed by atoms with van der Waals surface area (Å²) < 4.78 is 21.2. The Hall–Kier alpha value is -1.68. The summed E-state index contributed by atoms with van der Waals surface area (Å²) >= 11 is 17.4. The molecule has 0 bridgehead atoms. The normalized spacial score (nSPS) is 15.1. The maximum atomic E-state index is 12.4. The number of rotatable bonds is 60. The fourth-order valence-corrected chi connectivity index (χ4v) is 17.0. The number of thiol groups is 4. The monoisotopic (exact) mass is 1450 g/mol. The summed E-state index contributed by atoms with van der Waals surface area (Å²) in [4.78, 5) is 102. The first kappa shape index (κ1) is 88.3. The summed E-state index contributed by atoms with van der Waals surface area (Å²) in [5, 5.41) is 25.0. The molecule has 2 fully saturated rings. The second kappa shape index (κ2) is 64.0. The third-order valence-electron chi connectivity index (χ3n) is 14.8. The average Bonchev–Trinajstić information content (AvgIpc) is 4.30. The molecule has 0 saturated carbocycles. The van der Waals surface area contributed by atoms with Crippen molar-refractivity contribution in [2.75, 3.05) is 168 Å². The SMILES string of the molecule is COCCOCCN(CCC(=O)NCCNC(=O)CCCCC(S)CCS)CCC(=O)NCCNC(=O)CCCCC(S)CCS.COCCOCCN(CCC(=O)NCCNC(=O)CCCCC1CCSS1)CCC(=O)NCCNC(=O)CCCCC1CCSS1. The summed E-state index contributed by atoms with van der Waals surface area (Å²) in [5.41, 5.74) is 0. The highest BCUT2D eigenvalue weighted by atomic mass is 33.1. The summed E-state index contributed by atoms with van der Waals surface area (Å²) in [7, 11) is 11.1. The van der Waals surface area contributed by atoms with E-state index in [1.807, 2.05) is 53.0 Å². The first-order valence-corrected chi connectivity index (χ1v) is 40.6. The summed E-state index contributed by atoms with van der Waals surface area (Å²) in [6, 6.07) is 0. The molecule has 0 aromatic heterocycles. The van der Waals surface area contributed by atoms with Crippen molar-refractivity contribution in [3.8, 4) is 0 Å². The van der Waals surface area contributed by atoms with Crippen molar-refractivity contribution in [3.63, 3.8) is 0 Å². The molecule has 92 heavy (non-hydrogen) atoms. The van der Waals surface area contributed by atoms with E-state index in [9.17, 15) is 38.4 Å². The van der Waals surface area contributed by atoms with Crippen LogP contribution in [0.15, 0.2) is 0 Å². The molecule has 2 rings (SSSR count). The molecule has 536 valence electrons. The average molecular weight is 1450 g/mol. The predicted octanol–water partition coefficient (Wildman–Crippen LogP) is 6.18. The Morgan fingerprint density at radius 1 is 0.380 bits per heavy atom. The molecule has 2 saturated heterocycles. The van der Waals surface area contributed by atoms with Gasteiger partial charge in [0.15, 0.2) is 0 Å². The van der Waals surface area contributed by atoms with E-state index in [4.69, 9.17) is 18.9 Å². The number of hydrogen-bond donors (Lipinski definition) is 12. The van der Waals surface area contributed by atoms with Crippen molar-refractivity contribution < 1.29 is 57.3 Å². The van der Waals surface area contributed by atoms with Crippen LogP contribution in [0.25, 0.3) is 0 Å². The Morgan fingerprint density at radius 3 is 0.924 bits per heavy atom. The Morgan fingerprint density at radius 2 is 0.663 bits per heavy atom. The number of unbranched alkanes of at least 4 members (excludes halogenated alkanes) is 4. The van der Waals surface area contributed by atoms with Gasteiger partial charge in [0.2, 0.25) is 47.3 Å². The van der Waals surface area contributed by atoms with Crippen LogP contribution in [0.3, 0.4) is 0 Å². The van der Waals surface area contributed by atoms with Gasteiger partial charge >= 0.3 is 0 Å². The number of ether oxygens (including phenoxy) is 4. The number of carbonyl (C=O) groups excluding carboxylic acids is 8. The van der Waals surface area contributed by atoms with Gasteiger partial charge in [0.25, 0.3) is 0 Å². The maximum Gasteiger partial charge on any atom is 0.221 e. The molecule has 0 aromatic carbocycles. The highest BCUT2D eigenvalue weighted by Crippen LogP contribution is 2.40. The van der Waals surface area contributed by atoms with Gasteiger partial charge in [-0.3, -0.25) is 38.4 Å². The van der Waals surface area contributed by atoms with Gasteiger partial charge in [-0.25, -0.2) is 0 Å². The summed E-state index contributed by atoms with van der Waals surface area (Å²) in [5.74, 6) is 3.72. The molecule has 0 aromatic rings. The Balaban J connectivity index is 0.000000920. The van der Waals surface area contributed by atoms with Crippen LogP contribution in [0.4, 0.5) is 0 Å². The fourth-order valence-electron chi connectivity index (χ4n) is 9.27. The van der Waals surface area contributed by atoms with E-state index in [2.05, 4.69) is 93.0 Å². The molecule has 4 unspecified atom stereocenters. The lowest BCUT2D eigenvalue weighted by Crippen LogP contribution is -2.39. The van der Waals surface area contributed by atoms with Crippen molar-refractivity contribution in [1.82, 2.24) is 52.3 Å². The molecule has 0 aliphatic carbocycles. The second-order valence-electron chi connectivity index (χ2n) is 22.7. The highest BCUT2D eigenvalue weighted by molar-refractivity contribution is 8.77. The smallest absolute Gasteiger partial charge is 0.221 e. The van der Waals surface area contributed by atoms with E-state index in [-0.39, 0.29) is 72.9 Å². The molecule has 22 nitrogen and oxygen atoms in total. The quantitative estimate of drug-likeness (QED) is 0.0184. The molecule has 2 aliphatic heterocycles. The standard InChI is InChI=1S/C31H57N5O6S4.C31H61N5O6S4/c1-41-22-23-42-21-20-36(18-10-30(39)34-16-14-32-28(37)8-4-2-6-26-12-24-43-45-26)19-11-31(40)35-17-15-33-29(38)9-5-3-7-27-13-25-44-46-27;1-41-22-23-42-21-20-36(18-10-30(39)34-16-14-32-28(37)8-4-2-6-26(45)12-24-43)19-11-31(40)35-17-15-33-29(38)9-5-3-7-27(46)13-25-44/h26-27H,2-25H2,1H3,(H,32,37)(H,33,38)(H,34,39)(H,35,40);26-27,43-46H,2-25H2,1H3,(H,32,37)(H,33,38)(H,34,39)(H,35,40). The number of carbonyl (C=O) groups is 8. The lowest BCUT2D eigenvalue weighted by molar-refractivity contribution is -0.123. The molecule has 8 N–H and O–H groups in total. The zero-order valence-electron chi connectivity index (χ0n) is 55.5. The first-order chi connectivity index (χ1) is 44.7. The lowest BCUT2D eigenvalue weighted by Gasteiger charge is -2.22. The van der Waals surface area contributed by atoms with Crippen molar-refractivity contribution >= 4 is 141 Å². The molecule has 30 heteroatoms. The number of methoxy groups -OCH3 is 2. The fraction of sp³-hybridized carbons (Fsp3) is 0.871. The third-order valence-corrected chi connectivity index (χ3v) is 22.3. The molecule has 0 radical (unpaired) electrons. The molecular weight excluding hydrogens is 1330 g/mol. The predicted molar refractivity (Wildman–Crippen MR) is 394 cm³/mol. The van der Waals surface area contributed by atoms with Gasteiger partial charge in [-0.15, -0.1) is 0 Å². The van der Waals surface area contributed by atoms with Gasteiger partial charge in [0.05, 0.1) is 39.6 Å². The Kier molecular flexibility index (Phi) is 61.5. The van der Waals surface area contributed by atoms with Gasteiger partial charge in [-0.1, -0.05) is 68.9 Å². The van der Waals surface area contributed by atoms with Crippen LogP contribution in [-0.4, -0.2) is 247 Å². The van der Waals surface area contributed by atoms with Crippen LogP contribution < -0.4 is 42.5 Å². The van der Waals surface area contributed by atoms with Gasteiger partial charge in [-0.2, -0.15) is 50.5 Å². The van der Waals surface area contributed by atoms with Gasteiger partial charge in [0.1, 0.15) is 0 Å². The molecule has 0 spiro atoms. The summed E-state index contributed by atoms with van der Waals surface area (Å²) in [6.07, 6.45) is 19.4. The van der Waals surface area contributed by atoms with Crippen molar-refractivity contribution in [3.05, 3.63) is 0 Å². The zero-order chi connectivity index (χ0) is 67.3. The minimum absolute atomic E-state index is 0.0160. The van der Waals surface area contributed by atoms with Crippen LogP contribution in [0.1, 0.15) is 154 Å².